The highest BCUT2D eigenvalue weighted by atomic mass is 35.5. The first kappa shape index (κ1) is 23.9. The van der Waals surface area contributed by atoms with E-state index in [-0.39, 0.29) is 15.9 Å². The second-order valence-corrected chi connectivity index (χ2v) is 9.30. The number of esters is 1. The van der Waals surface area contributed by atoms with E-state index in [1.807, 2.05) is 24.3 Å². The van der Waals surface area contributed by atoms with Crippen LogP contribution in [0.1, 0.15) is 35.6 Å². The molecule has 3 rings (SSSR count). The molecule has 1 N–H and O–H groups in total. The molecule has 0 radical (unpaired) electrons. The lowest BCUT2D eigenvalue weighted by molar-refractivity contribution is -0.140. The van der Waals surface area contributed by atoms with Gasteiger partial charge in [0.1, 0.15) is 10.7 Å². The summed E-state index contributed by atoms with van der Waals surface area (Å²) in [6.45, 7) is 0. The highest BCUT2D eigenvalue weighted by Crippen LogP contribution is 2.28. The summed E-state index contributed by atoms with van der Waals surface area (Å²) in [6.07, 6.45) is 1.66. The Morgan fingerprint density at radius 1 is 1.00 bits per heavy atom. The summed E-state index contributed by atoms with van der Waals surface area (Å²) >= 11 is 6.11. The van der Waals surface area contributed by atoms with Gasteiger partial charge in [0.05, 0.1) is 18.2 Å². The lowest BCUT2D eigenvalue weighted by Crippen LogP contribution is -2.29. The van der Waals surface area contributed by atoms with Crippen LogP contribution < -0.4 is 4.72 Å². The number of sulfonamides is 1. The summed E-state index contributed by atoms with van der Waals surface area (Å²) in [4.78, 5) is 11.2. The van der Waals surface area contributed by atoms with E-state index in [0.717, 1.165) is 5.56 Å². The number of ether oxygens (including phenoxy) is 1. The number of carbonyl (C=O) groups excluding carboxylic acids is 1. The first-order valence-corrected chi connectivity index (χ1v) is 11.8. The standard InChI is InChI=1S/C24H23ClFNO4S/c1-31-23(28)8-4-5-17-9-11-18(12-10-17)24(19-13-15-20(26)16-14-19)27-32(29,30)22-7-3-2-6-21(22)25/h2-3,6-7,9-16,24,27H,4-5,8H2,1H3. The van der Waals surface area contributed by atoms with Gasteiger partial charge in [-0.2, -0.15) is 4.72 Å². The molecule has 1 unspecified atom stereocenters. The summed E-state index contributed by atoms with van der Waals surface area (Å²) in [6, 6.07) is 18.5. The molecule has 0 aromatic heterocycles. The average molecular weight is 476 g/mol. The van der Waals surface area contributed by atoms with Crippen molar-refractivity contribution in [2.24, 2.45) is 0 Å². The van der Waals surface area contributed by atoms with E-state index >= 15 is 0 Å². The second-order valence-electron chi connectivity index (χ2n) is 7.21. The van der Waals surface area contributed by atoms with Crippen molar-refractivity contribution in [1.82, 2.24) is 4.72 Å². The molecule has 1 atom stereocenters. The molecule has 3 aromatic rings. The van der Waals surface area contributed by atoms with Gasteiger partial charge in [-0.1, -0.05) is 60.1 Å². The molecule has 0 fully saturated rings. The van der Waals surface area contributed by atoms with Gasteiger partial charge in [0, 0.05) is 6.42 Å². The van der Waals surface area contributed by atoms with Crippen LogP contribution in [0.2, 0.25) is 5.02 Å². The van der Waals surface area contributed by atoms with Gasteiger partial charge in [-0.05, 0) is 53.8 Å². The Hall–Kier alpha value is -2.74. The Labute approximate surface area is 192 Å². The fourth-order valence-corrected chi connectivity index (χ4v) is 5.01. The van der Waals surface area contributed by atoms with Crippen molar-refractivity contribution >= 4 is 27.6 Å². The third-order valence-corrected chi connectivity index (χ3v) is 6.91. The zero-order valence-corrected chi connectivity index (χ0v) is 19.0. The largest absolute Gasteiger partial charge is 0.469 e. The number of benzene rings is 3. The number of halogens is 2. The number of methoxy groups -OCH3 is 1. The normalized spacial score (nSPS) is 12.3. The summed E-state index contributed by atoms with van der Waals surface area (Å²) in [5, 5.41) is 0.110. The Kier molecular flexibility index (Phi) is 8.01. The van der Waals surface area contributed by atoms with Crippen molar-refractivity contribution in [3.63, 3.8) is 0 Å². The van der Waals surface area contributed by atoms with E-state index in [9.17, 15) is 17.6 Å². The van der Waals surface area contributed by atoms with Crippen LogP contribution in [0.3, 0.4) is 0 Å². The molecule has 0 saturated heterocycles. The van der Waals surface area contributed by atoms with Crippen molar-refractivity contribution < 1.29 is 22.3 Å². The fourth-order valence-electron chi connectivity index (χ4n) is 3.28. The van der Waals surface area contributed by atoms with Gasteiger partial charge >= 0.3 is 5.97 Å². The summed E-state index contributed by atoms with van der Waals surface area (Å²) < 4.78 is 46.9. The Morgan fingerprint density at radius 3 is 2.19 bits per heavy atom. The number of hydrogen-bond acceptors (Lipinski definition) is 4. The lowest BCUT2D eigenvalue weighted by Gasteiger charge is -2.21. The molecule has 0 aliphatic carbocycles. The van der Waals surface area contributed by atoms with Crippen LogP contribution in [0.15, 0.2) is 77.7 Å². The zero-order valence-electron chi connectivity index (χ0n) is 17.4. The molecule has 0 aliphatic heterocycles. The first-order chi connectivity index (χ1) is 15.3. The minimum absolute atomic E-state index is 0.0341. The van der Waals surface area contributed by atoms with E-state index in [4.69, 9.17) is 11.6 Å². The third kappa shape index (κ3) is 6.16. The maximum Gasteiger partial charge on any atom is 0.305 e. The molecule has 0 aliphatic rings. The maximum atomic E-state index is 13.5. The molecule has 0 amide bonds. The molecule has 0 heterocycles. The molecule has 3 aromatic carbocycles. The third-order valence-electron chi connectivity index (χ3n) is 4.99. The summed E-state index contributed by atoms with van der Waals surface area (Å²) in [5.41, 5.74) is 2.27. The number of rotatable bonds is 9. The highest BCUT2D eigenvalue weighted by Gasteiger charge is 2.24. The second kappa shape index (κ2) is 10.7. The van der Waals surface area contributed by atoms with Gasteiger partial charge in [-0.15, -0.1) is 0 Å². The number of carbonyl (C=O) groups is 1. The molecular weight excluding hydrogens is 453 g/mol. The van der Waals surface area contributed by atoms with Crippen molar-refractivity contribution in [3.05, 3.63) is 100 Å². The number of nitrogens with one attached hydrogen (secondary N) is 1. The SMILES string of the molecule is COC(=O)CCCc1ccc(C(NS(=O)(=O)c2ccccc2Cl)c2ccc(F)cc2)cc1. The predicted octanol–water partition coefficient (Wildman–Crippen LogP) is 5.04. The Morgan fingerprint density at radius 2 is 1.59 bits per heavy atom. The maximum absolute atomic E-state index is 13.5. The molecule has 5 nitrogen and oxygen atoms in total. The smallest absolute Gasteiger partial charge is 0.305 e. The Balaban J connectivity index is 1.88. The zero-order chi connectivity index (χ0) is 23.1. The van der Waals surface area contributed by atoms with Crippen LogP contribution in [0.25, 0.3) is 0 Å². The van der Waals surface area contributed by atoms with Crippen LogP contribution in [0, 0.1) is 5.82 Å². The minimum Gasteiger partial charge on any atom is -0.469 e. The Bertz CT molecular complexity index is 1170. The highest BCUT2D eigenvalue weighted by molar-refractivity contribution is 7.89. The fraction of sp³-hybridized carbons (Fsp3) is 0.208. The van der Waals surface area contributed by atoms with E-state index in [1.165, 1.54) is 31.4 Å². The van der Waals surface area contributed by atoms with Crippen molar-refractivity contribution in [2.45, 2.75) is 30.2 Å². The predicted molar refractivity (Wildman–Crippen MR) is 121 cm³/mol. The van der Waals surface area contributed by atoms with Gasteiger partial charge < -0.3 is 4.74 Å². The van der Waals surface area contributed by atoms with Crippen LogP contribution in [0.4, 0.5) is 4.39 Å². The quantitative estimate of drug-likeness (QED) is 0.440. The lowest BCUT2D eigenvalue weighted by atomic mass is 9.97. The monoisotopic (exact) mass is 475 g/mol. The topological polar surface area (TPSA) is 72.5 Å². The average Bonchev–Trinajstić information content (AvgIpc) is 2.79. The van der Waals surface area contributed by atoms with Crippen molar-refractivity contribution in [3.8, 4) is 0 Å². The van der Waals surface area contributed by atoms with Gasteiger partial charge in [-0.25, -0.2) is 12.8 Å². The molecule has 8 heteroatoms. The van der Waals surface area contributed by atoms with Crippen molar-refractivity contribution in [1.29, 1.82) is 0 Å². The van der Waals surface area contributed by atoms with E-state index in [2.05, 4.69) is 9.46 Å². The number of aryl methyl sites for hydroxylation is 1. The van der Waals surface area contributed by atoms with Crippen LogP contribution in [-0.2, 0) is 26.0 Å². The van der Waals surface area contributed by atoms with Gasteiger partial charge in [0.2, 0.25) is 10.0 Å². The molecule has 0 saturated carbocycles. The van der Waals surface area contributed by atoms with E-state index in [0.29, 0.717) is 30.4 Å². The van der Waals surface area contributed by atoms with Crippen LogP contribution in [0.5, 0.6) is 0 Å². The van der Waals surface area contributed by atoms with Gasteiger partial charge in [-0.3, -0.25) is 4.79 Å². The van der Waals surface area contributed by atoms with Crippen molar-refractivity contribution in [2.75, 3.05) is 7.11 Å². The first-order valence-electron chi connectivity index (χ1n) is 9.98. The summed E-state index contributed by atoms with van der Waals surface area (Å²) in [7, 11) is -2.60. The molecule has 168 valence electrons. The minimum atomic E-state index is -3.96. The van der Waals surface area contributed by atoms with E-state index in [1.54, 1.807) is 24.3 Å². The van der Waals surface area contributed by atoms with Gasteiger partial charge in [0.15, 0.2) is 0 Å². The number of hydrogen-bond donors (Lipinski definition) is 1. The van der Waals surface area contributed by atoms with Crippen LogP contribution >= 0.6 is 11.6 Å². The van der Waals surface area contributed by atoms with E-state index < -0.39 is 21.9 Å². The molecule has 0 bridgehead atoms. The summed E-state index contributed by atoms with van der Waals surface area (Å²) in [5.74, 6) is -0.672. The molecular formula is C24H23ClFNO4S. The van der Waals surface area contributed by atoms with Crippen LogP contribution in [-0.4, -0.2) is 21.5 Å². The van der Waals surface area contributed by atoms with Gasteiger partial charge in [0.25, 0.3) is 0 Å². The molecule has 32 heavy (non-hydrogen) atoms. The molecule has 0 spiro atoms.